The molecule has 0 atom stereocenters. The monoisotopic (exact) mass is 260 g/mol. The molecule has 1 aromatic carbocycles. The molecule has 1 N–H and O–H groups in total. The van der Waals surface area contributed by atoms with Crippen molar-refractivity contribution in [2.45, 2.75) is 51.7 Å². The first kappa shape index (κ1) is 12.6. The number of hydrogen-bond acceptors (Lipinski definition) is 3. The van der Waals surface area contributed by atoms with Gasteiger partial charge in [-0.2, -0.15) is 0 Å². The van der Waals surface area contributed by atoms with Crippen molar-refractivity contribution < 1.29 is 4.74 Å². The molecule has 1 fully saturated rings. The predicted octanol–water partition coefficient (Wildman–Crippen LogP) is 3.65. The van der Waals surface area contributed by atoms with Crippen molar-refractivity contribution in [3.8, 4) is 5.75 Å². The summed E-state index contributed by atoms with van der Waals surface area (Å²) in [6.07, 6.45) is 5.66. The Morgan fingerprint density at radius 1 is 1.26 bits per heavy atom. The molecule has 1 aromatic rings. The van der Waals surface area contributed by atoms with E-state index in [1.807, 2.05) is 0 Å². The number of hydrogen-bond donors (Lipinski definition) is 1. The van der Waals surface area contributed by atoms with Crippen molar-refractivity contribution in [3.63, 3.8) is 0 Å². The minimum Gasteiger partial charge on any atom is -0.489 e. The zero-order valence-corrected chi connectivity index (χ0v) is 12.0. The first-order chi connectivity index (χ1) is 9.25. The third-order valence-electron chi connectivity index (χ3n) is 4.10. The molecule has 0 unspecified atom stereocenters. The molecule has 1 aliphatic carbocycles. The summed E-state index contributed by atoms with van der Waals surface area (Å²) in [5.74, 6) is 0.996. The predicted molar refractivity (Wildman–Crippen MR) is 80.3 cm³/mol. The summed E-state index contributed by atoms with van der Waals surface area (Å²) in [4.78, 5) is 2.59. The molecule has 0 saturated heterocycles. The van der Waals surface area contributed by atoms with Crippen LogP contribution in [-0.4, -0.2) is 25.2 Å². The van der Waals surface area contributed by atoms with E-state index >= 15 is 0 Å². The molecule has 2 aliphatic rings. The van der Waals surface area contributed by atoms with Gasteiger partial charge in [0.2, 0.25) is 0 Å². The summed E-state index contributed by atoms with van der Waals surface area (Å²) in [5, 5.41) is 3.52. The lowest BCUT2D eigenvalue weighted by Crippen LogP contribution is -2.40. The molecule has 3 rings (SSSR count). The second-order valence-corrected chi connectivity index (χ2v) is 5.88. The van der Waals surface area contributed by atoms with Gasteiger partial charge in [0.25, 0.3) is 0 Å². The molecular weight excluding hydrogens is 236 g/mol. The van der Waals surface area contributed by atoms with E-state index in [0.717, 1.165) is 24.9 Å². The Bertz CT molecular complexity index is 438. The number of anilines is 2. The van der Waals surface area contributed by atoms with E-state index in [1.54, 1.807) is 0 Å². The van der Waals surface area contributed by atoms with Gasteiger partial charge in [0, 0.05) is 19.1 Å². The zero-order chi connectivity index (χ0) is 13.2. The van der Waals surface area contributed by atoms with Crippen LogP contribution in [0.15, 0.2) is 18.2 Å². The molecular formula is C16H24N2O. The van der Waals surface area contributed by atoms with Crippen LogP contribution in [0.25, 0.3) is 0 Å². The fourth-order valence-corrected chi connectivity index (χ4v) is 3.31. The second-order valence-electron chi connectivity index (χ2n) is 5.88. The van der Waals surface area contributed by atoms with E-state index in [1.165, 1.54) is 37.1 Å². The van der Waals surface area contributed by atoms with Gasteiger partial charge in [-0.3, -0.25) is 0 Å². The minimum absolute atomic E-state index is 0.218. The second kappa shape index (κ2) is 5.32. The number of para-hydroxylation sites is 1. The van der Waals surface area contributed by atoms with E-state index in [9.17, 15) is 0 Å². The van der Waals surface area contributed by atoms with Gasteiger partial charge in [-0.05, 0) is 38.8 Å². The van der Waals surface area contributed by atoms with Crippen molar-refractivity contribution in [2.24, 2.45) is 0 Å². The van der Waals surface area contributed by atoms with E-state index in [2.05, 4.69) is 42.3 Å². The highest BCUT2D eigenvalue weighted by Crippen LogP contribution is 2.40. The van der Waals surface area contributed by atoms with Crippen molar-refractivity contribution in [3.05, 3.63) is 18.2 Å². The van der Waals surface area contributed by atoms with Crippen LogP contribution in [0.2, 0.25) is 0 Å². The average Bonchev–Trinajstić information content (AvgIpc) is 2.91. The Morgan fingerprint density at radius 3 is 2.79 bits per heavy atom. The molecule has 1 heterocycles. The van der Waals surface area contributed by atoms with Gasteiger partial charge in [0.15, 0.2) is 0 Å². The van der Waals surface area contributed by atoms with Gasteiger partial charge in [-0.25, -0.2) is 0 Å². The molecule has 0 amide bonds. The Balaban J connectivity index is 1.91. The molecule has 0 radical (unpaired) electrons. The Labute approximate surface area is 115 Å². The number of rotatable bonds is 3. The quantitative estimate of drug-likeness (QED) is 0.898. The van der Waals surface area contributed by atoms with Crippen molar-refractivity contribution >= 4 is 11.4 Å². The fourth-order valence-electron chi connectivity index (χ4n) is 3.31. The minimum atomic E-state index is 0.218. The smallest absolute Gasteiger partial charge is 0.144 e. The lowest BCUT2D eigenvalue weighted by atomic mass is 10.1. The first-order valence-corrected chi connectivity index (χ1v) is 7.56. The molecule has 0 spiro atoms. The number of ether oxygens (including phenoxy) is 1. The number of nitrogens with zero attached hydrogens (tertiary/aromatic N) is 1. The molecule has 3 heteroatoms. The van der Waals surface area contributed by atoms with Crippen molar-refractivity contribution in [1.29, 1.82) is 0 Å². The van der Waals surface area contributed by atoms with Crippen LogP contribution in [0.3, 0.4) is 0 Å². The third-order valence-corrected chi connectivity index (χ3v) is 4.10. The molecule has 104 valence electrons. The van der Waals surface area contributed by atoms with Crippen LogP contribution in [-0.2, 0) is 0 Å². The lowest BCUT2D eigenvalue weighted by Gasteiger charge is -2.37. The normalized spacial score (nSPS) is 19.4. The zero-order valence-electron chi connectivity index (χ0n) is 12.0. The SMILES string of the molecule is CC(C)Oc1cccc2c1NCCN2C1CCCC1. The topological polar surface area (TPSA) is 24.5 Å². The Kier molecular flexibility index (Phi) is 3.54. The van der Waals surface area contributed by atoms with Gasteiger partial charge >= 0.3 is 0 Å². The van der Waals surface area contributed by atoms with Crippen LogP contribution in [0, 0.1) is 0 Å². The summed E-state index contributed by atoms with van der Waals surface area (Å²) in [6.45, 7) is 6.29. The number of fused-ring (bicyclic) bond motifs is 1. The maximum absolute atomic E-state index is 5.93. The number of benzene rings is 1. The van der Waals surface area contributed by atoms with E-state index in [-0.39, 0.29) is 6.10 Å². The highest BCUT2D eigenvalue weighted by atomic mass is 16.5. The summed E-state index contributed by atoms with van der Waals surface area (Å²) in [5.41, 5.74) is 2.52. The molecule has 3 nitrogen and oxygen atoms in total. The van der Waals surface area contributed by atoms with E-state index < -0.39 is 0 Å². The van der Waals surface area contributed by atoms with Gasteiger partial charge in [0.05, 0.1) is 11.8 Å². The summed E-state index contributed by atoms with van der Waals surface area (Å²) in [6, 6.07) is 7.15. The highest BCUT2D eigenvalue weighted by Gasteiger charge is 2.28. The Morgan fingerprint density at radius 2 is 2.05 bits per heavy atom. The van der Waals surface area contributed by atoms with Crippen LogP contribution in [0.4, 0.5) is 11.4 Å². The van der Waals surface area contributed by atoms with Crippen LogP contribution >= 0.6 is 0 Å². The maximum atomic E-state index is 5.93. The summed E-state index contributed by atoms with van der Waals surface area (Å²) in [7, 11) is 0. The largest absolute Gasteiger partial charge is 0.489 e. The summed E-state index contributed by atoms with van der Waals surface area (Å²) < 4.78 is 5.93. The fraction of sp³-hybridized carbons (Fsp3) is 0.625. The van der Waals surface area contributed by atoms with Crippen molar-refractivity contribution in [1.82, 2.24) is 0 Å². The average molecular weight is 260 g/mol. The molecule has 1 saturated carbocycles. The van der Waals surface area contributed by atoms with E-state index in [4.69, 9.17) is 4.74 Å². The maximum Gasteiger partial charge on any atom is 0.144 e. The van der Waals surface area contributed by atoms with Crippen molar-refractivity contribution in [2.75, 3.05) is 23.3 Å². The number of nitrogens with one attached hydrogen (secondary N) is 1. The molecule has 0 bridgehead atoms. The van der Waals surface area contributed by atoms with E-state index in [0.29, 0.717) is 0 Å². The first-order valence-electron chi connectivity index (χ1n) is 7.56. The lowest BCUT2D eigenvalue weighted by molar-refractivity contribution is 0.243. The van der Waals surface area contributed by atoms with Gasteiger partial charge in [-0.15, -0.1) is 0 Å². The van der Waals surface area contributed by atoms with Gasteiger partial charge in [-0.1, -0.05) is 18.9 Å². The standard InChI is InChI=1S/C16H24N2O/c1-12(2)19-15-9-5-8-14-16(15)17-10-11-18(14)13-6-3-4-7-13/h5,8-9,12-13,17H,3-4,6-7,10-11H2,1-2H3. The van der Waals surface area contributed by atoms with Gasteiger partial charge in [0.1, 0.15) is 11.4 Å². The van der Waals surface area contributed by atoms with Crippen LogP contribution < -0.4 is 15.0 Å². The van der Waals surface area contributed by atoms with Gasteiger partial charge < -0.3 is 15.0 Å². The summed E-state index contributed by atoms with van der Waals surface area (Å²) >= 11 is 0. The van der Waals surface area contributed by atoms with Crippen LogP contribution in [0.1, 0.15) is 39.5 Å². The highest BCUT2D eigenvalue weighted by molar-refractivity contribution is 5.78. The molecule has 19 heavy (non-hydrogen) atoms. The Hall–Kier alpha value is -1.38. The third kappa shape index (κ3) is 2.51. The molecule has 0 aromatic heterocycles. The molecule has 1 aliphatic heterocycles. The van der Waals surface area contributed by atoms with Crippen LogP contribution in [0.5, 0.6) is 5.75 Å².